The molecule has 0 radical (unpaired) electrons. The SMILES string of the molecule is CC(C)(C)OC(=O)NCCCCCNc1nc(Cl)ccc1C(=O)Nc1ccc(Cl)cn1. The summed E-state index contributed by atoms with van der Waals surface area (Å²) in [5.41, 5.74) is -0.154. The van der Waals surface area contributed by atoms with E-state index in [1.54, 1.807) is 24.3 Å². The van der Waals surface area contributed by atoms with E-state index in [0.717, 1.165) is 19.3 Å². The molecule has 3 N–H and O–H groups in total. The van der Waals surface area contributed by atoms with Gasteiger partial charge in [-0.15, -0.1) is 0 Å². The average molecular weight is 468 g/mol. The van der Waals surface area contributed by atoms with Crippen LogP contribution in [0.15, 0.2) is 30.5 Å². The molecule has 0 unspecified atom stereocenters. The molecule has 0 fully saturated rings. The van der Waals surface area contributed by atoms with Crippen LogP contribution in [0.2, 0.25) is 10.2 Å². The zero-order valence-corrected chi connectivity index (χ0v) is 19.3. The van der Waals surface area contributed by atoms with Gasteiger partial charge >= 0.3 is 6.09 Å². The number of amides is 2. The molecular formula is C21H27Cl2N5O3. The van der Waals surface area contributed by atoms with E-state index < -0.39 is 11.7 Å². The van der Waals surface area contributed by atoms with Gasteiger partial charge in [0, 0.05) is 19.3 Å². The van der Waals surface area contributed by atoms with Gasteiger partial charge in [0.05, 0.1) is 10.6 Å². The van der Waals surface area contributed by atoms with Crippen LogP contribution in [0.1, 0.15) is 50.4 Å². The van der Waals surface area contributed by atoms with Crippen LogP contribution in [-0.2, 0) is 4.74 Å². The Hall–Kier alpha value is -2.58. The zero-order chi connectivity index (χ0) is 22.9. The van der Waals surface area contributed by atoms with Crippen LogP contribution in [0.4, 0.5) is 16.4 Å². The summed E-state index contributed by atoms with van der Waals surface area (Å²) < 4.78 is 5.19. The summed E-state index contributed by atoms with van der Waals surface area (Å²) in [6.45, 7) is 6.60. The van der Waals surface area contributed by atoms with Crippen LogP contribution in [0.5, 0.6) is 0 Å². The van der Waals surface area contributed by atoms with E-state index in [9.17, 15) is 9.59 Å². The predicted molar refractivity (Wildman–Crippen MR) is 123 cm³/mol. The van der Waals surface area contributed by atoms with Crippen LogP contribution in [0, 0.1) is 0 Å². The molecule has 168 valence electrons. The van der Waals surface area contributed by atoms with E-state index >= 15 is 0 Å². The third kappa shape index (κ3) is 9.40. The molecule has 0 saturated carbocycles. The van der Waals surface area contributed by atoms with Crippen LogP contribution in [0.3, 0.4) is 0 Å². The van der Waals surface area contributed by atoms with Crippen molar-refractivity contribution in [2.24, 2.45) is 0 Å². The van der Waals surface area contributed by atoms with Crippen LogP contribution in [-0.4, -0.2) is 40.7 Å². The lowest BCUT2D eigenvalue weighted by atomic mass is 10.2. The molecular weight excluding hydrogens is 441 g/mol. The molecule has 0 aliphatic rings. The van der Waals surface area contributed by atoms with Crippen molar-refractivity contribution < 1.29 is 14.3 Å². The molecule has 2 heterocycles. The summed E-state index contributed by atoms with van der Waals surface area (Å²) in [4.78, 5) is 32.5. The van der Waals surface area contributed by atoms with Crippen LogP contribution >= 0.6 is 23.2 Å². The minimum Gasteiger partial charge on any atom is -0.444 e. The van der Waals surface area contributed by atoms with Crippen molar-refractivity contribution in [1.82, 2.24) is 15.3 Å². The molecule has 0 spiro atoms. The van der Waals surface area contributed by atoms with Gasteiger partial charge in [0.1, 0.15) is 22.4 Å². The molecule has 2 amide bonds. The standard InChI is InChI=1S/C21H27Cl2N5O3/c1-21(2,3)31-20(30)25-12-6-4-5-11-24-18-15(8-9-16(23)27-18)19(29)28-17-10-7-14(22)13-26-17/h7-10,13H,4-6,11-12H2,1-3H3,(H,24,27)(H,25,30)(H,26,28,29). The first-order valence-electron chi connectivity index (χ1n) is 9.94. The van der Waals surface area contributed by atoms with Crippen molar-refractivity contribution in [3.63, 3.8) is 0 Å². The molecule has 2 rings (SSSR count). The average Bonchev–Trinajstić information content (AvgIpc) is 2.67. The number of anilines is 2. The third-order valence-electron chi connectivity index (χ3n) is 3.89. The number of unbranched alkanes of at least 4 members (excludes halogenated alkanes) is 2. The highest BCUT2D eigenvalue weighted by atomic mass is 35.5. The van der Waals surface area contributed by atoms with Crippen molar-refractivity contribution in [3.8, 4) is 0 Å². The lowest BCUT2D eigenvalue weighted by molar-refractivity contribution is 0.0527. The second-order valence-electron chi connectivity index (χ2n) is 7.76. The Balaban J connectivity index is 1.79. The van der Waals surface area contributed by atoms with Crippen molar-refractivity contribution in [3.05, 3.63) is 46.2 Å². The summed E-state index contributed by atoms with van der Waals surface area (Å²) in [7, 11) is 0. The first kappa shape index (κ1) is 24.7. The number of carbonyl (C=O) groups excluding carboxylic acids is 2. The molecule has 2 aromatic rings. The number of hydrogen-bond acceptors (Lipinski definition) is 6. The molecule has 2 aromatic heterocycles. The van der Waals surface area contributed by atoms with Crippen LogP contribution < -0.4 is 16.0 Å². The van der Waals surface area contributed by atoms with E-state index in [1.807, 2.05) is 20.8 Å². The Bertz CT molecular complexity index is 886. The number of halogens is 2. The topological polar surface area (TPSA) is 105 Å². The maximum absolute atomic E-state index is 12.6. The Morgan fingerprint density at radius 3 is 2.45 bits per heavy atom. The van der Waals surface area contributed by atoms with Crippen molar-refractivity contribution in [2.45, 2.75) is 45.6 Å². The van der Waals surface area contributed by atoms with E-state index in [2.05, 4.69) is 25.9 Å². The zero-order valence-electron chi connectivity index (χ0n) is 17.8. The highest BCUT2D eigenvalue weighted by molar-refractivity contribution is 6.30. The fraction of sp³-hybridized carbons (Fsp3) is 0.429. The summed E-state index contributed by atoms with van der Waals surface area (Å²) in [5, 5.41) is 9.35. The Morgan fingerprint density at radius 1 is 1.03 bits per heavy atom. The number of nitrogens with zero attached hydrogens (tertiary/aromatic N) is 2. The molecule has 0 aliphatic heterocycles. The fourth-order valence-electron chi connectivity index (χ4n) is 2.52. The number of nitrogens with one attached hydrogen (secondary N) is 3. The summed E-state index contributed by atoms with van der Waals surface area (Å²) in [6, 6.07) is 6.41. The molecule has 31 heavy (non-hydrogen) atoms. The van der Waals surface area contributed by atoms with Crippen LogP contribution in [0.25, 0.3) is 0 Å². The molecule has 0 saturated heterocycles. The predicted octanol–water partition coefficient (Wildman–Crippen LogP) is 5.14. The van der Waals surface area contributed by atoms with Gasteiger partial charge in [-0.2, -0.15) is 0 Å². The fourth-order valence-corrected chi connectivity index (χ4v) is 2.78. The maximum Gasteiger partial charge on any atom is 0.407 e. The Kier molecular flexibility index (Phi) is 9.33. The number of pyridine rings is 2. The van der Waals surface area contributed by atoms with Gasteiger partial charge in [-0.3, -0.25) is 4.79 Å². The smallest absolute Gasteiger partial charge is 0.407 e. The monoisotopic (exact) mass is 467 g/mol. The summed E-state index contributed by atoms with van der Waals surface area (Å²) in [6.07, 6.45) is 3.54. The number of rotatable bonds is 9. The van der Waals surface area contributed by atoms with E-state index in [0.29, 0.717) is 35.3 Å². The van der Waals surface area contributed by atoms with E-state index in [-0.39, 0.29) is 11.1 Å². The highest BCUT2D eigenvalue weighted by Crippen LogP contribution is 2.19. The molecule has 0 atom stereocenters. The Labute approximate surface area is 192 Å². The van der Waals surface area contributed by atoms with Gasteiger partial charge in [-0.1, -0.05) is 23.2 Å². The van der Waals surface area contributed by atoms with Crippen molar-refractivity contribution in [2.75, 3.05) is 23.7 Å². The van der Waals surface area contributed by atoms with Gasteiger partial charge < -0.3 is 20.7 Å². The second kappa shape index (κ2) is 11.7. The lowest BCUT2D eigenvalue weighted by Gasteiger charge is -2.19. The molecule has 10 heteroatoms. The van der Waals surface area contributed by atoms with Gasteiger partial charge in [-0.05, 0) is 64.3 Å². The van der Waals surface area contributed by atoms with Gasteiger partial charge in [0.25, 0.3) is 5.91 Å². The van der Waals surface area contributed by atoms with E-state index in [1.165, 1.54) is 6.20 Å². The highest BCUT2D eigenvalue weighted by Gasteiger charge is 2.16. The minimum absolute atomic E-state index is 0.283. The molecule has 0 aromatic carbocycles. The van der Waals surface area contributed by atoms with Gasteiger partial charge in [0.2, 0.25) is 0 Å². The number of aromatic nitrogens is 2. The Morgan fingerprint density at radius 2 is 1.77 bits per heavy atom. The molecule has 8 nitrogen and oxygen atoms in total. The van der Waals surface area contributed by atoms with Gasteiger partial charge in [-0.25, -0.2) is 14.8 Å². The van der Waals surface area contributed by atoms with E-state index in [4.69, 9.17) is 27.9 Å². The summed E-state index contributed by atoms with van der Waals surface area (Å²) in [5.74, 6) is 0.418. The van der Waals surface area contributed by atoms with Crippen molar-refractivity contribution >= 4 is 46.8 Å². The quantitative estimate of drug-likeness (QED) is 0.348. The van der Waals surface area contributed by atoms with Gasteiger partial charge in [0.15, 0.2) is 0 Å². The number of hydrogen-bond donors (Lipinski definition) is 3. The number of carbonyl (C=O) groups is 2. The first-order chi connectivity index (χ1) is 14.6. The second-order valence-corrected chi connectivity index (χ2v) is 8.59. The maximum atomic E-state index is 12.6. The summed E-state index contributed by atoms with van der Waals surface area (Å²) >= 11 is 11.8. The third-order valence-corrected chi connectivity index (χ3v) is 4.32. The molecule has 0 aliphatic carbocycles. The first-order valence-corrected chi connectivity index (χ1v) is 10.7. The number of ether oxygens (including phenoxy) is 1. The lowest BCUT2D eigenvalue weighted by Crippen LogP contribution is -2.33. The normalized spacial score (nSPS) is 11.0. The minimum atomic E-state index is -0.508. The van der Waals surface area contributed by atoms with Crippen molar-refractivity contribution in [1.29, 1.82) is 0 Å². The number of alkyl carbamates (subject to hydrolysis) is 1. The largest absolute Gasteiger partial charge is 0.444 e. The molecule has 0 bridgehead atoms.